The van der Waals surface area contributed by atoms with Crippen molar-refractivity contribution in [2.75, 3.05) is 33.4 Å². The van der Waals surface area contributed by atoms with Crippen LogP contribution in [0, 0.1) is 0 Å². The van der Waals surface area contributed by atoms with Crippen LogP contribution < -0.4 is 9.47 Å². The zero-order valence-electron chi connectivity index (χ0n) is 19.5. The van der Waals surface area contributed by atoms with E-state index in [0.29, 0.717) is 12.3 Å². The van der Waals surface area contributed by atoms with Crippen molar-refractivity contribution < 1.29 is 22.7 Å². The number of fused-ring (bicyclic) bond motifs is 1. The third-order valence-electron chi connectivity index (χ3n) is 5.91. The maximum absolute atomic E-state index is 13.5. The van der Waals surface area contributed by atoms with E-state index < -0.39 is 10.0 Å². The summed E-state index contributed by atoms with van der Waals surface area (Å²) in [5, 5.41) is 2.02. The lowest BCUT2D eigenvalue weighted by Crippen LogP contribution is -2.47. The number of rotatable bonds is 10. The first-order valence-corrected chi connectivity index (χ1v) is 13.5. The van der Waals surface area contributed by atoms with E-state index in [0.717, 1.165) is 22.0 Å². The summed E-state index contributed by atoms with van der Waals surface area (Å²) in [6.45, 7) is 4.20. The van der Waals surface area contributed by atoms with Gasteiger partial charge in [0.25, 0.3) is 0 Å². The number of carbonyl (C=O) groups excluding carboxylic acids is 1. The van der Waals surface area contributed by atoms with E-state index in [2.05, 4.69) is 6.58 Å². The molecule has 1 aromatic heterocycles. The molecule has 0 saturated carbocycles. The number of sulfonamides is 1. The topological polar surface area (TPSA) is 76.2 Å². The van der Waals surface area contributed by atoms with Crippen molar-refractivity contribution in [3.8, 4) is 11.5 Å². The van der Waals surface area contributed by atoms with Crippen molar-refractivity contribution in [1.29, 1.82) is 0 Å². The summed E-state index contributed by atoms with van der Waals surface area (Å²) in [6.07, 6.45) is 2.21. The second-order valence-corrected chi connectivity index (χ2v) is 11.0. The Hall–Kier alpha value is -3.14. The second-order valence-electron chi connectivity index (χ2n) is 8.04. The molecule has 0 saturated heterocycles. The van der Waals surface area contributed by atoms with Gasteiger partial charge in [-0.2, -0.15) is 4.31 Å². The third-order valence-corrected chi connectivity index (χ3v) is 8.73. The van der Waals surface area contributed by atoms with E-state index in [9.17, 15) is 13.2 Å². The van der Waals surface area contributed by atoms with Gasteiger partial charge in [-0.15, -0.1) is 17.9 Å². The van der Waals surface area contributed by atoms with E-state index in [4.69, 9.17) is 9.47 Å². The first kappa shape index (κ1) is 25.0. The monoisotopic (exact) mass is 512 g/mol. The number of methoxy groups -OCH3 is 1. The molecule has 3 aromatic rings. The Labute approximate surface area is 210 Å². The van der Waals surface area contributed by atoms with Crippen LogP contribution in [0.15, 0.2) is 83.6 Å². The molecule has 7 nitrogen and oxygen atoms in total. The number of nitrogens with zero attached hydrogens (tertiary/aromatic N) is 2. The van der Waals surface area contributed by atoms with Crippen LogP contribution in [0.25, 0.3) is 0 Å². The van der Waals surface area contributed by atoms with Crippen molar-refractivity contribution >= 4 is 27.3 Å². The molecule has 1 amide bonds. The van der Waals surface area contributed by atoms with E-state index in [1.54, 1.807) is 28.4 Å². The van der Waals surface area contributed by atoms with Crippen molar-refractivity contribution in [2.45, 2.75) is 17.4 Å². The van der Waals surface area contributed by atoms with Crippen molar-refractivity contribution in [2.24, 2.45) is 0 Å². The van der Waals surface area contributed by atoms with Crippen LogP contribution in [0.5, 0.6) is 11.5 Å². The molecule has 9 heteroatoms. The quantitative estimate of drug-likeness (QED) is 0.382. The van der Waals surface area contributed by atoms with Gasteiger partial charge in [-0.1, -0.05) is 24.3 Å². The highest BCUT2D eigenvalue weighted by Gasteiger charge is 2.35. The summed E-state index contributed by atoms with van der Waals surface area (Å²) in [5.41, 5.74) is 1.05. The van der Waals surface area contributed by atoms with E-state index in [1.165, 1.54) is 30.2 Å². The van der Waals surface area contributed by atoms with E-state index in [1.807, 2.05) is 41.8 Å². The highest BCUT2D eigenvalue weighted by Crippen LogP contribution is 2.34. The number of amides is 1. The normalized spacial score (nSPS) is 15.5. The van der Waals surface area contributed by atoms with Gasteiger partial charge in [-0.3, -0.25) is 4.79 Å². The van der Waals surface area contributed by atoms with Crippen LogP contribution in [0.4, 0.5) is 0 Å². The molecule has 184 valence electrons. The lowest BCUT2D eigenvalue weighted by Gasteiger charge is -2.36. The minimum Gasteiger partial charge on any atom is -0.497 e. The summed E-state index contributed by atoms with van der Waals surface area (Å²) in [6, 6.07) is 17.3. The Balaban J connectivity index is 1.55. The third kappa shape index (κ3) is 5.58. The van der Waals surface area contributed by atoms with Gasteiger partial charge in [0.2, 0.25) is 15.9 Å². The maximum Gasteiger partial charge on any atom is 0.243 e. The number of hydrogen-bond acceptors (Lipinski definition) is 6. The molecule has 2 aromatic carbocycles. The molecule has 4 rings (SSSR count). The maximum atomic E-state index is 13.5. The number of ether oxygens (including phenoxy) is 2. The summed E-state index contributed by atoms with van der Waals surface area (Å²) < 4.78 is 39.0. The Morgan fingerprint density at radius 1 is 1.14 bits per heavy atom. The number of hydrogen-bond donors (Lipinski definition) is 0. The highest BCUT2D eigenvalue weighted by atomic mass is 32.2. The molecule has 1 unspecified atom stereocenters. The predicted octanol–water partition coefficient (Wildman–Crippen LogP) is 4.14. The summed E-state index contributed by atoms with van der Waals surface area (Å²) >= 11 is 1.67. The smallest absolute Gasteiger partial charge is 0.243 e. The van der Waals surface area contributed by atoms with Gasteiger partial charge in [-0.05, 0) is 59.8 Å². The Kier molecular flexibility index (Phi) is 7.90. The minimum atomic E-state index is -3.91. The lowest BCUT2D eigenvalue weighted by molar-refractivity contribution is -0.135. The van der Waals surface area contributed by atoms with Crippen molar-refractivity contribution in [1.82, 2.24) is 9.21 Å². The lowest BCUT2D eigenvalue weighted by atomic mass is 10.0. The Bertz CT molecular complexity index is 1260. The zero-order chi connectivity index (χ0) is 24.8. The van der Waals surface area contributed by atoms with Crippen LogP contribution in [0.3, 0.4) is 0 Å². The standard InChI is InChI=1S/C26H28N2O5S2/c1-3-15-27(35(30,31)22-11-9-20(32-2)10-12-22)18-26(29)28-16-13-25-23(14-17-34-25)24(28)19-33-21-7-5-4-6-8-21/h3-12,14,17,24H,1,13,15-16,18-19H2,2H3. The molecular weight excluding hydrogens is 484 g/mol. The fraction of sp³-hybridized carbons (Fsp3) is 0.269. The highest BCUT2D eigenvalue weighted by molar-refractivity contribution is 7.89. The molecule has 0 spiro atoms. The molecule has 2 heterocycles. The van der Waals surface area contributed by atoms with Gasteiger partial charge in [-0.25, -0.2) is 8.42 Å². The van der Waals surface area contributed by atoms with Crippen LogP contribution in [0.2, 0.25) is 0 Å². The SMILES string of the molecule is C=CCN(CC(=O)N1CCc2sccc2C1COc1ccccc1)S(=O)(=O)c1ccc(OC)cc1. The van der Waals surface area contributed by atoms with Crippen LogP contribution in [0.1, 0.15) is 16.5 Å². The molecule has 1 aliphatic heterocycles. The molecule has 1 atom stereocenters. The molecule has 0 aliphatic carbocycles. The Morgan fingerprint density at radius 2 is 1.89 bits per heavy atom. The number of carbonyl (C=O) groups is 1. The van der Waals surface area contributed by atoms with Crippen LogP contribution >= 0.6 is 11.3 Å². The first-order valence-electron chi connectivity index (χ1n) is 11.2. The predicted molar refractivity (Wildman–Crippen MR) is 136 cm³/mol. The zero-order valence-corrected chi connectivity index (χ0v) is 21.1. The average molecular weight is 513 g/mol. The molecule has 35 heavy (non-hydrogen) atoms. The molecule has 0 N–H and O–H groups in total. The number of thiophene rings is 1. The minimum absolute atomic E-state index is 0.0167. The second kappa shape index (κ2) is 11.1. The molecule has 0 radical (unpaired) electrons. The number of para-hydroxylation sites is 1. The van der Waals surface area contributed by atoms with Gasteiger partial charge in [0.1, 0.15) is 18.1 Å². The van der Waals surface area contributed by atoms with Crippen molar-refractivity contribution in [3.63, 3.8) is 0 Å². The molecule has 1 aliphatic rings. The van der Waals surface area contributed by atoms with Crippen molar-refractivity contribution in [3.05, 3.63) is 89.1 Å². The average Bonchev–Trinajstić information content (AvgIpc) is 3.37. The summed E-state index contributed by atoms with van der Waals surface area (Å²) in [5.74, 6) is 0.997. The van der Waals surface area contributed by atoms with E-state index >= 15 is 0 Å². The Morgan fingerprint density at radius 3 is 2.57 bits per heavy atom. The first-order chi connectivity index (χ1) is 16.9. The van der Waals surface area contributed by atoms with Gasteiger partial charge in [0.15, 0.2) is 0 Å². The molecule has 0 bridgehead atoms. The largest absolute Gasteiger partial charge is 0.497 e. The van der Waals surface area contributed by atoms with Gasteiger partial charge >= 0.3 is 0 Å². The summed E-state index contributed by atoms with van der Waals surface area (Å²) in [4.78, 5) is 16.6. The summed E-state index contributed by atoms with van der Waals surface area (Å²) in [7, 11) is -2.40. The van der Waals surface area contributed by atoms with Crippen LogP contribution in [-0.4, -0.2) is 56.9 Å². The fourth-order valence-corrected chi connectivity index (χ4v) is 6.39. The van der Waals surface area contributed by atoms with Gasteiger partial charge in [0.05, 0.1) is 24.6 Å². The number of benzene rings is 2. The fourth-order valence-electron chi connectivity index (χ4n) is 4.10. The molecule has 0 fully saturated rings. The van der Waals surface area contributed by atoms with Gasteiger partial charge in [0, 0.05) is 18.0 Å². The van der Waals surface area contributed by atoms with E-state index in [-0.39, 0.29) is 36.5 Å². The van der Waals surface area contributed by atoms with Crippen LogP contribution in [-0.2, 0) is 21.2 Å². The molecular formula is C26H28N2O5S2. The van der Waals surface area contributed by atoms with Gasteiger partial charge < -0.3 is 14.4 Å².